The fourth-order valence-electron chi connectivity index (χ4n) is 2.77. The van der Waals surface area contributed by atoms with Crippen LogP contribution in [0.15, 0.2) is 48.8 Å². The van der Waals surface area contributed by atoms with Crippen molar-refractivity contribution >= 4 is 11.9 Å². The average molecular weight is 309 g/mol. The summed E-state index contributed by atoms with van der Waals surface area (Å²) in [5.41, 5.74) is 1.96. The molecule has 0 aliphatic carbocycles. The second-order valence-corrected chi connectivity index (χ2v) is 5.98. The molecule has 1 unspecified atom stereocenters. The van der Waals surface area contributed by atoms with Gasteiger partial charge in [-0.15, -0.1) is 0 Å². The van der Waals surface area contributed by atoms with Gasteiger partial charge in [-0.05, 0) is 43.5 Å². The van der Waals surface area contributed by atoms with E-state index in [1.54, 1.807) is 19.3 Å². The second kappa shape index (κ2) is 5.83. The Labute approximate surface area is 135 Å². The lowest BCUT2D eigenvalue weighted by molar-refractivity contribution is -0.131. The number of nitrogens with zero attached hydrogens (tertiary/aromatic N) is 2. The molecular formula is C18H19N3O2. The first-order valence-electron chi connectivity index (χ1n) is 7.61. The molecule has 1 saturated heterocycles. The minimum absolute atomic E-state index is 0.208. The minimum atomic E-state index is -0.997. The molecule has 23 heavy (non-hydrogen) atoms. The number of rotatable bonds is 4. The summed E-state index contributed by atoms with van der Waals surface area (Å²) in [6.45, 7) is 4.10. The number of aryl methyl sites for hydroxylation is 1. The topological polar surface area (TPSA) is 62.3 Å². The van der Waals surface area contributed by atoms with Gasteiger partial charge in [0.15, 0.2) is 0 Å². The highest BCUT2D eigenvalue weighted by molar-refractivity contribution is 6.07. The van der Waals surface area contributed by atoms with Crippen LogP contribution in [0.5, 0.6) is 0 Å². The summed E-state index contributed by atoms with van der Waals surface area (Å²) in [4.78, 5) is 30.3. The molecule has 2 heterocycles. The summed E-state index contributed by atoms with van der Waals surface area (Å²) in [6.07, 6.45) is 4.03. The van der Waals surface area contributed by atoms with Gasteiger partial charge in [-0.1, -0.05) is 29.8 Å². The van der Waals surface area contributed by atoms with Crippen molar-refractivity contribution in [2.75, 3.05) is 6.54 Å². The van der Waals surface area contributed by atoms with Gasteiger partial charge in [0.25, 0.3) is 5.91 Å². The number of hydrogen-bond donors (Lipinski definition) is 1. The molecule has 2 aromatic rings. The van der Waals surface area contributed by atoms with Crippen molar-refractivity contribution in [2.45, 2.75) is 25.8 Å². The zero-order valence-corrected chi connectivity index (χ0v) is 13.2. The van der Waals surface area contributed by atoms with Crippen molar-refractivity contribution in [3.63, 3.8) is 0 Å². The highest BCUT2D eigenvalue weighted by Gasteiger charge is 2.48. The molecular weight excluding hydrogens is 290 g/mol. The van der Waals surface area contributed by atoms with E-state index in [0.717, 1.165) is 16.7 Å². The molecule has 0 saturated carbocycles. The van der Waals surface area contributed by atoms with Crippen molar-refractivity contribution in [1.29, 1.82) is 0 Å². The first-order valence-corrected chi connectivity index (χ1v) is 7.61. The molecule has 1 fully saturated rings. The molecule has 1 N–H and O–H groups in total. The summed E-state index contributed by atoms with van der Waals surface area (Å²) in [6, 6.07) is 11.1. The number of pyridine rings is 1. The Morgan fingerprint density at radius 3 is 2.39 bits per heavy atom. The SMILES string of the molecule is Cc1ccc(C2(C)NC(=O)N(CCc3ccncc3)C2=O)cc1. The summed E-state index contributed by atoms with van der Waals surface area (Å²) in [7, 11) is 0. The number of aromatic nitrogens is 1. The van der Waals surface area contributed by atoms with Crippen LogP contribution in [0.25, 0.3) is 0 Å². The van der Waals surface area contributed by atoms with Crippen molar-refractivity contribution in [3.8, 4) is 0 Å². The van der Waals surface area contributed by atoms with Crippen LogP contribution in [-0.2, 0) is 16.8 Å². The fraction of sp³-hybridized carbons (Fsp3) is 0.278. The summed E-state index contributed by atoms with van der Waals surface area (Å²) < 4.78 is 0. The molecule has 5 nitrogen and oxygen atoms in total. The van der Waals surface area contributed by atoms with Crippen molar-refractivity contribution in [1.82, 2.24) is 15.2 Å². The molecule has 1 atom stereocenters. The van der Waals surface area contributed by atoms with Crippen LogP contribution in [0.2, 0.25) is 0 Å². The Balaban J connectivity index is 1.78. The fourth-order valence-corrected chi connectivity index (χ4v) is 2.77. The van der Waals surface area contributed by atoms with E-state index in [0.29, 0.717) is 13.0 Å². The lowest BCUT2D eigenvalue weighted by Crippen LogP contribution is -2.41. The van der Waals surface area contributed by atoms with Crippen LogP contribution in [0, 0.1) is 6.92 Å². The number of hydrogen-bond acceptors (Lipinski definition) is 3. The summed E-state index contributed by atoms with van der Waals surface area (Å²) in [5, 5.41) is 2.83. The highest BCUT2D eigenvalue weighted by atomic mass is 16.2. The standard InChI is InChI=1S/C18H19N3O2/c1-13-3-5-15(6-4-13)18(2)16(22)21(17(23)20-18)12-9-14-7-10-19-11-8-14/h3-8,10-11H,9,12H2,1-2H3,(H,20,23). The maximum absolute atomic E-state index is 12.8. The smallest absolute Gasteiger partial charge is 0.319 e. The van der Waals surface area contributed by atoms with Gasteiger partial charge >= 0.3 is 6.03 Å². The van der Waals surface area contributed by atoms with Crippen LogP contribution in [-0.4, -0.2) is 28.4 Å². The van der Waals surface area contributed by atoms with Gasteiger partial charge in [0.2, 0.25) is 0 Å². The number of urea groups is 1. The average Bonchev–Trinajstić information content (AvgIpc) is 2.77. The number of carbonyl (C=O) groups excluding carboxylic acids is 2. The third-order valence-electron chi connectivity index (χ3n) is 4.28. The predicted molar refractivity (Wildman–Crippen MR) is 86.7 cm³/mol. The van der Waals surface area contributed by atoms with E-state index in [-0.39, 0.29) is 11.9 Å². The zero-order chi connectivity index (χ0) is 16.4. The van der Waals surface area contributed by atoms with Crippen molar-refractivity contribution in [3.05, 3.63) is 65.5 Å². The van der Waals surface area contributed by atoms with Gasteiger partial charge in [-0.25, -0.2) is 4.79 Å². The van der Waals surface area contributed by atoms with E-state index in [2.05, 4.69) is 10.3 Å². The molecule has 1 aliphatic heterocycles. The van der Waals surface area contributed by atoms with Gasteiger partial charge in [0.05, 0.1) is 0 Å². The molecule has 1 aromatic carbocycles. The van der Waals surface area contributed by atoms with Crippen molar-refractivity contribution in [2.24, 2.45) is 0 Å². The summed E-state index contributed by atoms with van der Waals surface area (Å²) in [5.74, 6) is -0.208. The number of amides is 3. The van der Waals surface area contributed by atoms with Crippen LogP contribution in [0.3, 0.4) is 0 Å². The first-order chi connectivity index (χ1) is 11.0. The zero-order valence-electron chi connectivity index (χ0n) is 13.2. The molecule has 5 heteroatoms. The second-order valence-electron chi connectivity index (χ2n) is 5.98. The largest absolute Gasteiger partial charge is 0.325 e. The van der Waals surface area contributed by atoms with Crippen LogP contribution >= 0.6 is 0 Å². The molecule has 118 valence electrons. The maximum atomic E-state index is 12.8. The van der Waals surface area contributed by atoms with Gasteiger partial charge < -0.3 is 5.32 Å². The molecule has 0 radical (unpaired) electrons. The van der Waals surface area contributed by atoms with E-state index in [4.69, 9.17) is 0 Å². The lowest BCUT2D eigenvalue weighted by atomic mass is 9.91. The molecule has 3 amide bonds. The molecule has 0 bridgehead atoms. The lowest BCUT2D eigenvalue weighted by Gasteiger charge is -2.22. The van der Waals surface area contributed by atoms with E-state index < -0.39 is 5.54 Å². The normalized spacial score (nSPS) is 20.7. The number of imide groups is 1. The molecule has 0 spiro atoms. The van der Waals surface area contributed by atoms with Gasteiger partial charge in [0, 0.05) is 18.9 Å². The van der Waals surface area contributed by atoms with Crippen LogP contribution in [0.4, 0.5) is 4.79 Å². The van der Waals surface area contributed by atoms with E-state index in [9.17, 15) is 9.59 Å². The van der Waals surface area contributed by atoms with Crippen LogP contribution in [0.1, 0.15) is 23.6 Å². The van der Waals surface area contributed by atoms with E-state index >= 15 is 0 Å². The molecule has 1 aromatic heterocycles. The van der Waals surface area contributed by atoms with E-state index in [1.165, 1.54) is 4.90 Å². The predicted octanol–water partition coefficient (Wildman–Crippen LogP) is 2.40. The molecule has 1 aliphatic rings. The number of carbonyl (C=O) groups is 2. The third kappa shape index (κ3) is 2.82. The minimum Gasteiger partial charge on any atom is -0.319 e. The molecule has 3 rings (SSSR count). The number of benzene rings is 1. The quantitative estimate of drug-likeness (QED) is 0.882. The van der Waals surface area contributed by atoms with Gasteiger partial charge in [-0.2, -0.15) is 0 Å². The highest BCUT2D eigenvalue weighted by Crippen LogP contribution is 2.29. The van der Waals surface area contributed by atoms with E-state index in [1.807, 2.05) is 43.3 Å². The Morgan fingerprint density at radius 2 is 1.74 bits per heavy atom. The van der Waals surface area contributed by atoms with Gasteiger partial charge in [-0.3, -0.25) is 14.7 Å². The monoisotopic (exact) mass is 309 g/mol. The number of nitrogens with one attached hydrogen (secondary N) is 1. The van der Waals surface area contributed by atoms with Gasteiger partial charge in [0.1, 0.15) is 5.54 Å². The first kappa shape index (κ1) is 15.2. The Morgan fingerprint density at radius 1 is 1.09 bits per heavy atom. The van der Waals surface area contributed by atoms with Crippen LogP contribution < -0.4 is 5.32 Å². The third-order valence-corrected chi connectivity index (χ3v) is 4.28. The maximum Gasteiger partial charge on any atom is 0.325 e. The Hall–Kier alpha value is -2.69. The van der Waals surface area contributed by atoms with Crippen molar-refractivity contribution < 1.29 is 9.59 Å². The summed E-state index contributed by atoms with van der Waals surface area (Å²) >= 11 is 0. The Bertz CT molecular complexity index is 728. The Kier molecular flexibility index (Phi) is 3.86.